The Morgan fingerprint density at radius 1 is 1.07 bits per heavy atom. The van der Waals surface area contributed by atoms with E-state index in [4.69, 9.17) is 4.98 Å². The summed E-state index contributed by atoms with van der Waals surface area (Å²) in [5.74, 6) is 0.338. The van der Waals surface area contributed by atoms with E-state index in [0.29, 0.717) is 16.6 Å². The van der Waals surface area contributed by atoms with Crippen molar-refractivity contribution in [2.24, 2.45) is 0 Å². The first-order valence-electron chi connectivity index (χ1n) is 8.85. The van der Waals surface area contributed by atoms with Crippen molar-refractivity contribution < 1.29 is 4.79 Å². The van der Waals surface area contributed by atoms with Gasteiger partial charge in [0, 0.05) is 40.3 Å². The highest BCUT2D eigenvalue weighted by atomic mass is 32.1. The molecule has 1 N–H and O–H groups in total. The summed E-state index contributed by atoms with van der Waals surface area (Å²) < 4.78 is 0. The van der Waals surface area contributed by atoms with E-state index in [1.165, 1.54) is 11.3 Å². The number of nitrogens with one attached hydrogen (secondary N) is 1. The van der Waals surface area contributed by atoms with E-state index < -0.39 is 0 Å². The Labute approximate surface area is 160 Å². The van der Waals surface area contributed by atoms with Gasteiger partial charge in [-0.3, -0.25) is 20.1 Å². The normalized spacial score (nSPS) is 13.6. The SMILES string of the molecule is O=C(Nc1nc(-c2ccncc2)cs1)c1cc(C2CC2)nc2ccccc12. The van der Waals surface area contributed by atoms with Crippen molar-refractivity contribution in [3.63, 3.8) is 0 Å². The van der Waals surface area contributed by atoms with Crippen LogP contribution in [0.4, 0.5) is 5.13 Å². The third-order valence-corrected chi connectivity index (χ3v) is 5.43. The monoisotopic (exact) mass is 372 g/mol. The van der Waals surface area contributed by atoms with Crippen LogP contribution in [0.3, 0.4) is 0 Å². The van der Waals surface area contributed by atoms with E-state index in [9.17, 15) is 4.79 Å². The van der Waals surface area contributed by atoms with Crippen molar-refractivity contribution in [3.05, 3.63) is 71.5 Å². The second-order valence-electron chi connectivity index (χ2n) is 6.61. The number of hydrogen-bond acceptors (Lipinski definition) is 5. The summed E-state index contributed by atoms with van der Waals surface area (Å²) in [6.07, 6.45) is 5.76. The molecule has 3 aromatic heterocycles. The van der Waals surface area contributed by atoms with Gasteiger partial charge in [-0.25, -0.2) is 4.98 Å². The van der Waals surface area contributed by atoms with Gasteiger partial charge in [-0.1, -0.05) is 18.2 Å². The maximum absolute atomic E-state index is 13.0. The first-order valence-corrected chi connectivity index (χ1v) is 9.73. The molecule has 0 atom stereocenters. The number of amides is 1. The van der Waals surface area contributed by atoms with Crippen LogP contribution in [0.15, 0.2) is 60.2 Å². The molecule has 1 aliphatic rings. The van der Waals surface area contributed by atoms with Gasteiger partial charge in [0.05, 0.1) is 16.8 Å². The van der Waals surface area contributed by atoms with Gasteiger partial charge < -0.3 is 0 Å². The number of fused-ring (bicyclic) bond motifs is 1. The van der Waals surface area contributed by atoms with Crippen LogP contribution in [-0.4, -0.2) is 20.9 Å². The van der Waals surface area contributed by atoms with Gasteiger partial charge in [0.15, 0.2) is 5.13 Å². The van der Waals surface area contributed by atoms with Gasteiger partial charge in [0.1, 0.15) is 0 Å². The van der Waals surface area contributed by atoms with Crippen LogP contribution in [-0.2, 0) is 0 Å². The highest BCUT2D eigenvalue weighted by Crippen LogP contribution is 2.40. The van der Waals surface area contributed by atoms with Crippen molar-refractivity contribution in [2.75, 3.05) is 5.32 Å². The molecule has 0 radical (unpaired) electrons. The van der Waals surface area contributed by atoms with Crippen molar-refractivity contribution in [2.45, 2.75) is 18.8 Å². The minimum absolute atomic E-state index is 0.147. The summed E-state index contributed by atoms with van der Waals surface area (Å²) in [4.78, 5) is 26.3. The molecule has 1 aliphatic carbocycles. The van der Waals surface area contributed by atoms with Gasteiger partial charge in [-0.2, -0.15) is 0 Å². The average Bonchev–Trinajstić information content (AvgIpc) is 3.47. The zero-order chi connectivity index (χ0) is 18.2. The van der Waals surface area contributed by atoms with E-state index in [0.717, 1.165) is 40.7 Å². The fraction of sp³-hybridized carbons (Fsp3) is 0.143. The molecule has 0 aliphatic heterocycles. The zero-order valence-corrected chi connectivity index (χ0v) is 15.2. The standard InChI is InChI=1S/C21H16N4OS/c26-20(25-21-24-19(12-27-21)14-7-9-22-10-8-14)16-11-18(13-5-6-13)23-17-4-2-1-3-15(16)17/h1-4,7-13H,5-6H2,(H,24,25,26). The molecule has 6 heteroatoms. The Kier molecular flexibility index (Phi) is 3.90. The molecule has 5 rings (SSSR count). The van der Waals surface area contributed by atoms with Gasteiger partial charge in [0.25, 0.3) is 5.91 Å². The van der Waals surface area contributed by atoms with Crippen LogP contribution >= 0.6 is 11.3 Å². The predicted octanol–water partition coefficient (Wildman–Crippen LogP) is 4.88. The first-order chi connectivity index (χ1) is 13.3. The second-order valence-corrected chi connectivity index (χ2v) is 7.47. The van der Waals surface area contributed by atoms with E-state index in [1.54, 1.807) is 12.4 Å². The number of hydrogen-bond donors (Lipinski definition) is 1. The number of benzene rings is 1. The average molecular weight is 372 g/mol. The number of pyridine rings is 2. The minimum atomic E-state index is -0.147. The van der Waals surface area contributed by atoms with Crippen molar-refractivity contribution >= 4 is 33.3 Å². The van der Waals surface area contributed by atoms with Crippen molar-refractivity contribution in [3.8, 4) is 11.3 Å². The van der Waals surface area contributed by atoms with Crippen LogP contribution in [0, 0.1) is 0 Å². The molecule has 1 saturated carbocycles. The van der Waals surface area contributed by atoms with Crippen LogP contribution in [0.2, 0.25) is 0 Å². The molecule has 0 unspecified atom stereocenters. The molecular formula is C21H16N4OS. The second kappa shape index (κ2) is 6.55. The van der Waals surface area contributed by atoms with Crippen LogP contribution in [0.1, 0.15) is 34.8 Å². The molecule has 0 saturated heterocycles. The van der Waals surface area contributed by atoms with Gasteiger partial charge >= 0.3 is 0 Å². The van der Waals surface area contributed by atoms with E-state index >= 15 is 0 Å². The number of para-hydroxylation sites is 1. The lowest BCUT2D eigenvalue weighted by atomic mass is 10.1. The Bertz CT molecular complexity index is 1140. The number of aromatic nitrogens is 3. The predicted molar refractivity (Wildman–Crippen MR) is 107 cm³/mol. The highest BCUT2D eigenvalue weighted by Gasteiger charge is 2.27. The van der Waals surface area contributed by atoms with Gasteiger partial charge in [0.2, 0.25) is 0 Å². The summed E-state index contributed by atoms with van der Waals surface area (Å²) in [7, 11) is 0. The molecule has 1 amide bonds. The molecule has 5 nitrogen and oxygen atoms in total. The van der Waals surface area contributed by atoms with Crippen LogP contribution < -0.4 is 5.32 Å². The molecule has 1 fully saturated rings. The van der Waals surface area contributed by atoms with Gasteiger partial charge in [-0.05, 0) is 37.1 Å². The lowest BCUT2D eigenvalue weighted by Crippen LogP contribution is -2.13. The Balaban J connectivity index is 1.47. The highest BCUT2D eigenvalue weighted by molar-refractivity contribution is 7.14. The van der Waals surface area contributed by atoms with Crippen molar-refractivity contribution in [1.82, 2.24) is 15.0 Å². The smallest absolute Gasteiger partial charge is 0.258 e. The number of carbonyl (C=O) groups excluding carboxylic acids is 1. The fourth-order valence-electron chi connectivity index (χ4n) is 3.12. The Morgan fingerprint density at radius 3 is 2.70 bits per heavy atom. The molecule has 0 bridgehead atoms. The van der Waals surface area contributed by atoms with Crippen LogP contribution in [0.25, 0.3) is 22.2 Å². The molecule has 0 spiro atoms. The number of anilines is 1. The van der Waals surface area contributed by atoms with E-state index in [-0.39, 0.29) is 5.91 Å². The largest absolute Gasteiger partial charge is 0.298 e. The fourth-order valence-corrected chi connectivity index (χ4v) is 3.84. The lowest BCUT2D eigenvalue weighted by molar-refractivity contribution is 0.102. The summed E-state index contributed by atoms with van der Waals surface area (Å²) in [5.41, 5.74) is 4.34. The molecular weight excluding hydrogens is 356 g/mol. The summed E-state index contributed by atoms with van der Waals surface area (Å²) in [5, 5.41) is 6.34. The molecule has 27 heavy (non-hydrogen) atoms. The third kappa shape index (κ3) is 3.19. The summed E-state index contributed by atoms with van der Waals surface area (Å²) in [6, 6.07) is 13.5. The molecule has 4 aromatic rings. The van der Waals surface area contributed by atoms with Crippen molar-refractivity contribution in [1.29, 1.82) is 0 Å². The maximum atomic E-state index is 13.0. The zero-order valence-electron chi connectivity index (χ0n) is 14.4. The number of carbonyl (C=O) groups is 1. The van der Waals surface area contributed by atoms with E-state index in [2.05, 4.69) is 15.3 Å². The summed E-state index contributed by atoms with van der Waals surface area (Å²) >= 11 is 1.42. The number of thiazole rings is 1. The number of rotatable bonds is 4. The third-order valence-electron chi connectivity index (χ3n) is 4.68. The lowest BCUT2D eigenvalue weighted by Gasteiger charge is -2.09. The Morgan fingerprint density at radius 2 is 1.89 bits per heavy atom. The molecule has 132 valence electrons. The maximum Gasteiger partial charge on any atom is 0.258 e. The van der Waals surface area contributed by atoms with Crippen LogP contribution in [0.5, 0.6) is 0 Å². The minimum Gasteiger partial charge on any atom is -0.298 e. The quantitative estimate of drug-likeness (QED) is 0.554. The van der Waals surface area contributed by atoms with E-state index in [1.807, 2.05) is 47.8 Å². The topological polar surface area (TPSA) is 67.8 Å². The van der Waals surface area contributed by atoms with Gasteiger partial charge in [-0.15, -0.1) is 11.3 Å². The molecule has 1 aromatic carbocycles. The molecule has 3 heterocycles. The first kappa shape index (κ1) is 16.1. The Hall–Kier alpha value is -3.12. The summed E-state index contributed by atoms with van der Waals surface area (Å²) in [6.45, 7) is 0. The number of nitrogens with zero attached hydrogens (tertiary/aromatic N) is 3.